The predicted molar refractivity (Wildman–Crippen MR) is 149 cm³/mol. The second kappa shape index (κ2) is 10.9. The van der Waals surface area contributed by atoms with E-state index in [0.29, 0.717) is 29.2 Å². The van der Waals surface area contributed by atoms with Crippen LogP contribution >= 0.6 is 11.6 Å². The van der Waals surface area contributed by atoms with E-state index in [1.807, 2.05) is 61.7 Å². The molecule has 4 aromatic rings. The van der Waals surface area contributed by atoms with E-state index < -0.39 is 11.5 Å². The Labute approximate surface area is 223 Å². The Kier molecular flexibility index (Phi) is 7.79. The van der Waals surface area contributed by atoms with Gasteiger partial charge in [0.25, 0.3) is 5.91 Å². The zero-order chi connectivity index (χ0) is 26.7. The molecule has 2 aromatic carbocycles. The molecule has 2 N–H and O–H groups in total. The van der Waals surface area contributed by atoms with Gasteiger partial charge >= 0.3 is 5.97 Å². The van der Waals surface area contributed by atoms with Crippen LogP contribution < -0.4 is 5.32 Å². The number of amides is 1. The summed E-state index contributed by atoms with van der Waals surface area (Å²) in [6.45, 7) is 8.53. The molecule has 194 valence electrons. The molecule has 0 fully saturated rings. The van der Waals surface area contributed by atoms with Gasteiger partial charge in [-0.3, -0.25) is 4.79 Å². The molecule has 0 radical (unpaired) electrons. The van der Waals surface area contributed by atoms with Gasteiger partial charge < -0.3 is 19.6 Å². The molecular formula is C30H34ClN3O3. The van der Waals surface area contributed by atoms with Crippen LogP contribution in [-0.2, 0) is 17.7 Å². The summed E-state index contributed by atoms with van der Waals surface area (Å²) in [6, 6.07) is 17.5. The van der Waals surface area contributed by atoms with E-state index in [0.717, 1.165) is 46.3 Å². The summed E-state index contributed by atoms with van der Waals surface area (Å²) >= 11 is 6.41. The van der Waals surface area contributed by atoms with Crippen molar-refractivity contribution < 1.29 is 14.3 Å². The molecule has 4 rings (SSSR count). The molecule has 0 atom stereocenters. The summed E-state index contributed by atoms with van der Waals surface area (Å²) in [7, 11) is 1.37. The number of benzene rings is 2. The first-order valence-corrected chi connectivity index (χ1v) is 13.0. The smallest absolute Gasteiger partial charge is 0.339 e. The average molecular weight is 520 g/mol. The highest BCUT2D eigenvalue weighted by Crippen LogP contribution is 2.35. The van der Waals surface area contributed by atoms with Crippen LogP contribution in [0.5, 0.6) is 0 Å². The lowest BCUT2D eigenvalue weighted by Gasteiger charge is -2.21. The lowest BCUT2D eigenvalue weighted by atomic mass is 9.99. The van der Waals surface area contributed by atoms with Gasteiger partial charge in [-0.05, 0) is 62.6 Å². The average Bonchev–Trinajstić information content (AvgIpc) is 3.40. The number of hydrogen-bond donors (Lipinski definition) is 2. The van der Waals surface area contributed by atoms with Crippen LogP contribution in [0.1, 0.15) is 72.6 Å². The molecular weight excluding hydrogens is 486 g/mol. The fraction of sp³-hybridized carbons (Fsp3) is 0.333. The number of methoxy groups -OCH3 is 1. The highest BCUT2D eigenvalue weighted by molar-refractivity contribution is 6.31. The third-order valence-electron chi connectivity index (χ3n) is 6.35. The topological polar surface area (TPSA) is 76.1 Å². The Bertz CT molecular complexity index is 1430. The second-order valence-corrected chi connectivity index (χ2v) is 10.7. The molecule has 0 aliphatic carbocycles. The van der Waals surface area contributed by atoms with Crippen molar-refractivity contribution in [3.05, 3.63) is 82.1 Å². The van der Waals surface area contributed by atoms with E-state index in [1.165, 1.54) is 7.11 Å². The molecule has 37 heavy (non-hydrogen) atoms. The van der Waals surface area contributed by atoms with Crippen LogP contribution in [0.2, 0.25) is 5.02 Å². The third kappa shape index (κ3) is 5.75. The minimum Gasteiger partial charge on any atom is -0.465 e. The highest BCUT2D eigenvalue weighted by atomic mass is 35.5. The van der Waals surface area contributed by atoms with E-state index in [2.05, 4.69) is 29.4 Å². The number of hydrogen-bond acceptors (Lipinski definition) is 3. The Morgan fingerprint density at radius 2 is 1.81 bits per heavy atom. The molecule has 0 aliphatic rings. The third-order valence-corrected chi connectivity index (χ3v) is 6.58. The standard InChI is InChI=1S/C30H34ClN3O3/c1-6-7-15-34-25(23(29(36)37-5)18-26(34)28(35)33-30(2,3)4)17-22-21-16-20(31)13-14-24(21)32-27(22)19-11-9-8-10-12-19/h8-14,16,18,32H,6-7,15,17H2,1-5H3,(H,33,35). The van der Waals surface area contributed by atoms with Gasteiger partial charge in [0.15, 0.2) is 0 Å². The van der Waals surface area contributed by atoms with Crippen molar-refractivity contribution in [3.8, 4) is 11.3 Å². The van der Waals surface area contributed by atoms with E-state index in [4.69, 9.17) is 16.3 Å². The van der Waals surface area contributed by atoms with E-state index in [9.17, 15) is 9.59 Å². The van der Waals surface area contributed by atoms with Crippen molar-refractivity contribution in [1.82, 2.24) is 14.9 Å². The number of rotatable bonds is 8. The number of halogens is 1. The molecule has 0 spiro atoms. The number of esters is 1. The van der Waals surface area contributed by atoms with E-state index >= 15 is 0 Å². The molecule has 0 bridgehead atoms. The Morgan fingerprint density at radius 3 is 2.46 bits per heavy atom. The summed E-state index contributed by atoms with van der Waals surface area (Å²) in [4.78, 5) is 29.9. The van der Waals surface area contributed by atoms with Crippen molar-refractivity contribution in [2.24, 2.45) is 0 Å². The maximum Gasteiger partial charge on any atom is 0.339 e. The quantitative estimate of drug-likeness (QED) is 0.246. The minimum atomic E-state index is -0.464. The molecule has 0 unspecified atom stereocenters. The minimum absolute atomic E-state index is 0.217. The van der Waals surface area contributed by atoms with E-state index in [-0.39, 0.29) is 5.91 Å². The molecule has 7 heteroatoms. The van der Waals surface area contributed by atoms with Gasteiger partial charge in [-0.2, -0.15) is 0 Å². The monoisotopic (exact) mass is 519 g/mol. The van der Waals surface area contributed by atoms with Crippen LogP contribution in [0.4, 0.5) is 0 Å². The Balaban J connectivity index is 1.95. The number of H-pyrrole nitrogens is 1. The number of fused-ring (bicyclic) bond motifs is 1. The molecule has 2 heterocycles. The van der Waals surface area contributed by atoms with Crippen LogP contribution in [0.3, 0.4) is 0 Å². The van der Waals surface area contributed by atoms with Crippen LogP contribution in [-0.4, -0.2) is 34.1 Å². The highest BCUT2D eigenvalue weighted by Gasteiger charge is 2.28. The molecule has 1 amide bonds. The van der Waals surface area contributed by atoms with Crippen LogP contribution in [0.25, 0.3) is 22.2 Å². The first-order valence-electron chi connectivity index (χ1n) is 12.6. The largest absolute Gasteiger partial charge is 0.465 e. The summed E-state index contributed by atoms with van der Waals surface area (Å²) < 4.78 is 7.14. The van der Waals surface area contributed by atoms with Crippen LogP contribution in [0.15, 0.2) is 54.6 Å². The lowest BCUT2D eigenvalue weighted by molar-refractivity contribution is 0.0599. The number of nitrogens with one attached hydrogen (secondary N) is 2. The fourth-order valence-corrected chi connectivity index (χ4v) is 4.82. The van der Waals surface area contributed by atoms with Gasteiger partial charge in [0.1, 0.15) is 5.69 Å². The SMILES string of the molecule is CCCCn1c(C(=O)NC(C)(C)C)cc(C(=O)OC)c1Cc1c(-c2ccccc2)[nH]c2ccc(Cl)cc12. The van der Waals surface area contributed by atoms with Crippen LogP contribution in [0, 0.1) is 0 Å². The Morgan fingerprint density at radius 1 is 1.08 bits per heavy atom. The van der Waals surface area contributed by atoms with Crippen molar-refractivity contribution in [2.75, 3.05) is 7.11 Å². The normalized spacial score (nSPS) is 11.6. The molecule has 6 nitrogen and oxygen atoms in total. The van der Waals surface area contributed by atoms with Crippen molar-refractivity contribution in [1.29, 1.82) is 0 Å². The lowest BCUT2D eigenvalue weighted by Crippen LogP contribution is -2.41. The van der Waals surface area contributed by atoms with Gasteiger partial charge in [0.05, 0.1) is 18.4 Å². The summed E-state index contributed by atoms with van der Waals surface area (Å²) in [5, 5.41) is 4.66. The molecule has 0 saturated carbocycles. The number of carbonyl (C=O) groups excluding carboxylic acids is 2. The van der Waals surface area contributed by atoms with Gasteiger partial charge in [-0.1, -0.05) is 55.3 Å². The first-order chi connectivity index (χ1) is 17.6. The second-order valence-electron chi connectivity index (χ2n) is 10.3. The number of unbranched alkanes of at least 4 members (excludes halogenated alkanes) is 1. The fourth-order valence-electron chi connectivity index (χ4n) is 4.65. The van der Waals surface area contributed by atoms with Gasteiger partial charge in [0, 0.05) is 40.1 Å². The van der Waals surface area contributed by atoms with Crippen molar-refractivity contribution >= 4 is 34.4 Å². The zero-order valence-corrected chi connectivity index (χ0v) is 22.8. The maximum atomic E-state index is 13.4. The first kappa shape index (κ1) is 26.6. The van der Waals surface area contributed by atoms with Gasteiger partial charge in [-0.25, -0.2) is 4.79 Å². The summed E-state index contributed by atoms with van der Waals surface area (Å²) in [5.41, 5.74) is 5.13. The number of aromatic nitrogens is 2. The van der Waals surface area contributed by atoms with Crippen molar-refractivity contribution in [2.45, 2.75) is 59.0 Å². The maximum absolute atomic E-state index is 13.4. The number of carbonyl (C=O) groups is 2. The number of aromatic amines is 1. The molecule has 2 aromatic heterocycles. The number of nitrogens with zero attached hydrogens (tertiary/aromatic N) is 1. The van der Waals surface area contributed by atoms with Gasteiger partial charge in [-0.15, -0.1) is 0 Å². The van der Waals surface area contributed by atoms with Crippen molar-refractivity contribution in [3.63, 3.8) is 0 Å². The summed E-state index contributed by atoms with van der Waals surface area (Å²) in [5.74, 6) is -0.681. The molecule has 0 aliphatic heterocycles. The number of ether oxygens (including phenoxy) is 1. The molecule has 0 saturated heterocycles. The van der Waals surface area contributed by atoms with E-state index in [1.54, 1.807) is 6.07 Å². The zero-order valence-electron chi connectivity index (χ0n) is 22.1. The Hall–Kier alpha value is -3.51. The predicted octanol–water partition coefficient (Wildman–Crippen LogP) is 7.00. The van der Waals surface area contributed by atoms with Gasteiger partial charge in [0.2, 0.25) is 0 Å². The summed E-state index contributed by atoms with van der Waals surface area (Å²) in [6.07, 6.45) is 2.23.